The molecule has 0 spiro atoms. The molecule has 0 atom stereocenters. The lowest BCUT2D eigenvalue weighted by Crippen LogP contribution is -2.10. The molecule has 0 amide bonds. The van der Waals surface area contributed by atoms with Crippen LogP contribution in [0.25, 0.3) is 17.1 Å². The second-order valence-electron chi connectivity index (χ2n) is 5.17. The average Bonchev–Trinajstić information content (AvgIpc) is 3.27. The van der Waals surface area contributed by atoms with E-state index in [0.717, 1.165) is 5.56 Å². The molecule has 4 rings (SSSR count). The van der Waals surface area contributed by atoms with Gasteiger partial charge in [0.15, 0.2) is 11.6 Å². The van der Waals surface area contributed by atoms with Crippen molar-refractivity contribution >= 4 is 0 Å². The lowest BCUT2D eigenvalue weighted by Gasteiger charge is -2.06. The molecule has 0 saturated heterocycles. The molecule has 0 bridgehead atoms. The second kappa shape index (κ2) is 6.04. The summed E-state index contributed by atoms with van der Waals surface area (Å²) in [6.45, 7) is 0.341. The highest BCUT2D eigenvalue weighted by Gasteiger charge is 2.16. The Hall–Kier alpha value is -3.35. The number of halogens is 1. The van der Waals surface area contributed by atoms with Gasteiger partial charge >= 0.3 is 0 Å². The van der Waals surface area contributed by atoms with Gasteiger partial charge in [0.05, 0.1) is 0 Å². The van der Waals surface area contributed by atoms with Crippen molar-refractivity contribution in [3.63, 3.8) is 0 Å². The van der Waals surface area contributed by atoms with Crippen LogP contribution in [-0.4, -0.2) is 29.5 Å². The minimum atomic E-state index is -0.359. The smallest absolute Gasteiger partial charge is 0.181 e. The van der Waals surface area contributed by atoms with Gasteiger partial charge in [0, 0.05) is 5.56 Å². The highest BCUT2D eigenvalue weighted by molar-refractivity contribution is 5.54. The van der Waals surface area contributed by atoms with E-state index in [1.807, 2.05) is 30.3 Å². The zero-order valence-corrected chi connectivity index (χ0v) is 12.6. The van der Waals surface area contributed by atoms with Gasteiger partial charge in [-0.2, -0.15) is 5.10 Å². The lowest BCUT2D eigenvalue weighted by atomic mass is 10.2. The van der Waals surface area contributed by atoms with Gasteiger partial charge in [-0.05, 0) is 12.1 Å². The number of aromatic nitrogens is 6. The molecule has 4 aromatic rings. The Labute approximate surface area is 137 Å². The van der Waals surface area contributed by atoms with Crippen LogP contribution in [0.1, 0.15) is 5.82 Å². The molecule has 0 saturated carbocycles. The molecule has 0 aliphatic carbocycles. The summed E-state index contributed by atoms with van der Waals surface area (Å²) in [6.07, 6.45) is 3.03. The van der Waals surface area contributed by atoms with Crippen LogP contribution in [0.5, 0.6) is 0 Å². The Morgan fingerprint density at radius 2 is 1.75 bits per heavy atom. The zero-order chi connectivity index (χ0) is 16.4. The first kappa shape index (κ1) is 14.3. The highest BCUT2D eigenvalue weighted by Crippen LogP contribution is 2.20. The van der Waals surface area contributed by atoms with Gasteiger partial charge < -0.3 is 0 Å². The van der Waals surface area contributed by atoms with Gasteiger partial charge in [-0.25, -0.2) is 23.7 Å². The Morgan fingerprint density at radius 1 is 0.958 bits per heavy atom. The van der Waals surface area contributed by atoms with Crippen molar-refractivity contribution in [1.82, 2.24) is 29.5 Å². The van der Waals surface area contributed by atoms with Crippen LogP contribution in [-0.2, 0) is 6.54 Å². The van der Waals surface area contributed by atoms with Crippen LogP contribution in [0.3, 0.4) is 0 Å². The van der Waals surface area contributed by atoms with E-state index < -0.39 is 0 Å². The first-order chi connectivity index (χ1) is 11.8. The van der Waals surface area contributed by atoms with Gasteiger partial charge in [0.2, 0.25) is 0 Å². The maximum atomic E-state index is 14.2. The van der Waals surface area contributed by atoms with Crippen LogP contribution in [0, 0.1) is 5.82 Å². The summed E-state index contributed by atoms with van der Waals surface area (Å²) in [5, 5.41) is 8.58. The standard InChI is InChI=1S/C17H13FN6/c18-14-8-4-5-9-15(14)24-16(10-23-12-19-11-20-23)21-17(22-24)13-6-2-1-3-7-13/h1-9,11-12H,10H2. The van der Waals surface area contributed by atoms with E-state index in [0.29, 0.717) is 23.9 Å². The van der Waals surface area contributed by atoms with Crippen molar-refractivity contribution in [2.24, 2.45) is 0 Å². The molecule has 6 nitrogen and oxygen atoms in total. The van der Waals surface area contributed by atoms with Crippen LogP contribution >= 0.6 is 0 Å². The molecule has 0 radical (unpaired) electrons. The Morgan fingerprint density at radius 3 is 2.50 bits per heavy atom. The van der Waals surface area contributed by atoms with Gasteiger partial charge in [0.25, 0.3) is 0 Å². The maximum absolute atomic E-state index is 14.2. The first-order valence-corrected chi connectivity index (χ1v) is 7.40. The van der Waals surface area contributed by atoms with Crippen molar-refractivity contribution in [2.45, 2.75) is 6.54 Å². The summed E-state index contributed by atoms with van der Waals surface area (Å²) in [7, 11) is 0. The molecule has 0 aliphatic rings. The lowest BCUT2D eigenvalue weighted by molar-refractivity contribution is 0.591. The van der Waals surface area contributed by atoms with Crippen molar-refractivity contribution in [1.29, 1.82) is 0 Å². The monoisotopic (exact) mass is 320 g/mol. The molecule has 24 heavy (non-hydrogen) atoms. The van der Waals surface area contributed by atoms with E-state index in [1.165, 1.54) is 17.1 Å². The van der Waals surface area contributed by atoms with Crippen molar-refractivity contribution in [2.75, 3.05) is 0 Å². The Kier molecular flexibility index (Phi) is 3.59. The topological polar surface area (TPSA) is 61.4 Å². The molecule has 2 aromatic heterocycles. The van der Waals surface area contributed by atoms with E-state index in [2.05, 4.69) is 20.2 Å². The Bertz CT molecular complexity index is 946. The molecule has 2 heterocycles. The number of para-hydroxylation sites is 1. The number of hydrogen-bond donors (Lipinski definition) is 0. The summed E-state index contributed by atoms with van der Waals surface area (Å²) in [5.74, 6) is 0.750. The highest BCUT2D eigenvalue weighted by atomic mass is 19.1. The molecule has 0 unspecified atom stereocenters. The minimum Gasteiger partial charge on any atom is -0.245 e. The molecular weight excluding hydrogens is 307 g/mol. The van der Waals surface area contributed by atoms with Gasteiger partial charge in [-0.3, -0.25) is 0 Å². The molecule has 2 aromatic carbocycles. The van der Waals surface area contributed by atoms with Crippen molar-refractivity contribution in [3.05, 3.63) is 78.9 Å². The molecule has 0 aliphatic heterocycles. The van der Waals surface area contributed by atoms with E-state index in [1.54, 1.807) is 29.2 Å². The number of nitrogens with zero attached hydrogens (tertiary/aromatic N) is 6. The maximum Gasteiger partial charge on any atom is 0.181 e. The predicted molar refractivity (Wildman–Crippen MR) is 85.9 cm³/mol. The van der Waals surface area contributed by atoms with E-state index >= 15 is 0 Å². The molecule has 0 N–H and O–H groups in total. The van der Waals surface area contributed by atoms with Gasteiger partial charge in [-0.15, -0.1) is 5.10 Å². The number of hydrogen-bond acceptors (Lipinski definition) is 4. The quantitative estimate of drug-likeness (QED) is 0.580. The van der Waals surface area contributed by atoms with Crippen LogP contribution in [0.15, 0.2) is 67.3 Å². The van der Waals surface area contributed by atoms with Crippen LogP contribution in [0.2, 0.25) is 0 Å². The minimum absolute atomic E-state index is 0.341. The third-order valence-corrected chi connectivity index (χ3v) is 3.56. The predicted octanol–water partition coefficient (Wildman–Crippen LogP) is 2.71. The third-order valence-electron chi connectivity index (χ3n) is 3.56. The van der Waals surface area contributed by atoms with Gasteiger partial charge in [-0.1, -0.05) is 42.5 Å². The summed E-state index contributed by atoms with van der Waals surface area (Å²) in [4.78, 5) is 8.49. The number of rotatable bonds is 4. The normalized spacial score (nSPS) is 10.9. The van der Waals surface area contributed by atoms with Crippen molar-refractivity contribution < 1.29 is 4.39 Å². The van der Waals surface area contributed by atoms with E-state index in [-0.39, 0.29) is 5.82 Å². The summed E-state index contributed by atoms with van der Waals surface area (Å²) >= 11 is 0. The number of benzene rings is 2. The van der Waals surface area contributed by atoms with E-state index in [4.69, 9.17) is 0 Å². The average molecular weight is 320 g/mol. The first-order valence-electron chi connectivity index (χ1n) is 7.40. The molecule has 118 valence electrons. The fourth-order valence-electron chi connectivity index (χ4n) is 2.43. The molecule has 0 fully saturated rings. The van der Waals surface area contributed by atoms with Crippen LogP contribution < -0.4 is 0 Å². The second-order valence-corrected chi connectivity index (χ2v) is 5.17. The SMILES string of the molecule is Fc1ccccc1-n1nc(-c2ccccc2)nc1Cn1cncn1. The Balaban J connectivity index is 1.84. The zero-order valence-electron chi connectivity index (χ0n) is 12.6. The van der Waals surface area contributed by atoms with E-state index in [9.17, 15) is 4.39 Å². The largest absolute Gasteiger partial charge is 0.245 e. The fraction of sp³-hybridized carbons (Fsp3) is 0.0588. The third kappa shape index (κ3) is 2.67. The fourth-order valence-corrected chi connectivity index (χ4v) is 2.43. The summed E-state index contributed by atoms with van der Waals surface area (Å²) < 4.78 is 17.4. The molecular formula is C17H13FN6. The summed E-state index contributed by atoms with van der Waals surface area (Å²) in [6, 6.07) is 16.1. The molecule has 7 heteroatoms. The van der Waals surface area contributed by atoms with Gasteiger partial charge in [0.1, 0.15) is 30.7 Å². The van der Waals surface area contributed by atoms with Crippen molar-refractivity contribution in [3.8, 4) is 17.1 Å². The van der Waals surface area contributed by atoms with Crippen LogP contribution in [0.4, 0.5) is 4.39 Å². The summed E-state index contributed by atoms with van der Waals surface area (Å²) in [5.41, 5.74) is 1.22.